The Morgan fingerprint density at radius 2 is 1.85 bits per heavy atom. The number of hydrogen-bond donors (Lipinski definition) is 1. The monoisotopic (exact) mass is 459 g/mol. The zero-order valence-electron chi connectivity index (χ0n) is 19.9. The van der Waals surface area contributed by atoms with Crippen LogP contribution in [-0.4, -0.2) is 17.7 Å². The molecule has 1 heterocycles. The normalized spacial score (nSPS) is 13.6. The molecule has 0 bridgehead atoms. The molecule has 0 radical (unpaired) electrons. The van der Waals surface area contributed by atoms with Gasteiger partial charge in [0.1, 0.15) is 5.75 Å². The number of halogens is 1. The Morgan fingerprint density at radius 3 is 2.56 bits per heavy atom. The molecular formula is C28H30FN3O2. The summed E-state index contributed by atoms with van der Waals surface area (Å²) in [7, 11) is 0. The Labute approximate surface area is 200 Å². The maximum atomic E-state index is 15.9. The lowest BCUT2D eigenvalue weighted by Gasteiger charge is -2.25. The van der Waals surface area contributed by atoms with Crippen LogP contribution in [-0.2, 0) is 12.8 Å². The van der Waals surface area contributed by atoms with Crippen LogP contribution in [0.2, 0.25) is 0 Å². The van der Waals surface area contributed by atoms with Crippen LogP contribution in [0.3, 0.4) is 0 Å². The van der Waals surface area contributed by atoms with Gasteiger partial charge in [-0.05, 0) is 76.3 Å². The Morgan fingerprint density at radius 1 is 1.09 bits per heavy atom. The van der Waals surface area contributed by atoms with Crippen LogP contribution in [0.1, 0.15) is 62.2 Å². The van der Waals surface area contributed by atoms with E-state index in [0.29, 0.717) is 23.6 Å². The number of hydrogen-bond acceptors (Lipinski definition) is 4. The molecule has 0 saturated heterocycles. The number of rotatable bonds is 8. The number of benzene rings is 2. The predicted octanol–water partition coefficient (Wildman–Crippen LogP) is 7.04. The van der Waals surface area contributed by atoms with E-state index in [4.69, 9.17) is 21.0 Å². The second-order valence-corrected chi connectivity index (χ2v) is 8.71. The van der Waals surface area contributed by atoms with Crippen molar-refractivity contribution in [2.75, 3.05) is 11.9 Å². The van der Waals surface area contributed by atoms with Crippen LogP contribution in [0, 0.1) is 12.4 Å². The fraction of sp³-hybridized carbons (Fsp3) is 0.357. The molecule has 1 aliphatic rings. The minimum atomic E-state index is -0.569. The molecule has 1 atom stereocenters. The molecule has 6 heteroatoms. The standard InChI is InChI=1S/C28H30FN3O2/c1-5-33-22-16-23(27(29)26(17-22)34-18(2)3)28(31-21-13-11-20(30-4)12-14-21)25-15-10-19-8-6-7-9-24(19)32-25/h10-18,28,31H,5-9H2,1-3H3. The zero-order chi connectivity index (χ0) is 24.1. The molecule has 4 rings (SSSR count). The van der Waals surface area contributed by atoms with Crippen molar-refractivity contribution in [2.24, 2.45) is 0 Å². The van der Waals surface area contributed by atoms with Crippen LogP contribution >= 0.6 is 0 Å². The molecule has 1 aromatic heterocycles. The largest absolute Gasteiger partial charge is 0.494 e. The summed E-state index contributed by atoms with van der Waals surface area (Å²) in [5, 5.41) is 3.44. The van der Waals surface area contributed by atoms with Gasteiger partial charge in [-0.2, -0.15) is 0 Å². The summed E-state index contributed by atoms with van der Waals surface area (Å²) < 4.78 is 27.4. The number of fused-ring (bicyclic) bond motifs is 1. The fourth-order valence-corrected chi connectivity index (χ4v) is 4.26. The van der Waals surface area contributed by atoms with Gasteiger partial charge in [0.25, 0.3) is 0 Å². The van der Waals surface area contributed by atoms with E-state index >= 15 is 4.39 Å². The lowest BCUT2D eigenvalue weighted by molar-refractivity contribution is 0.228. The van der Waals surface area contributed by atoms with Gasteiger partial charge in [0, 0.05) is 23.0 Å². The molecule has 1 N–H and O–H groups in total. The highest BCUT2D eigenvalue weighted by molar-refractivity contribution is 5.57. The van der Waals surface area contributed by atoms with Crippen molar-refractivity contribution in [3.05, 3.63) is 88.3 Å². The molecule has 0 spiro atoms. The van der Waals surface area contributed by atoms with Gasteiger partial charge in [-0.1, -0.05) is 18.2 Å². The average Bonchev–Trinajstić information content (AvgIpc) is 2.84. The van der Waals surface area contributed by atoms with Crippen molar-refractivity contribution >= 4 is 11.4 Å². The number of aryl methyl sites for hydroxylation is 2. The Hall–Kier alpha value is -3.59. The highest BCUT2D eigenvalue weighted by Gasteiger charge is 2.25. The third kappa shape index (κ3) is 5.31. The molecule has 0 amide bonds. The smallest absolute Gasteiger partial charge is 0.187 e. The fourth-order valence-electron chi connectivity index (χ4n) is 4.26. The summed E-state index contributed by atoms with van der Waals surface area (Å²) in [5.41, 5.74) is 4.80. The Balaban J connectivity index is 1.83. The minimum Gasteiger partial charge on any atom is -0.494 e. The van der Waals surface area contributed by atoms with E-state index in [0.717, 1.165) is 36.3 Å². The number of anilines is 1. The lowest BCUT2D eigenvalue weighted by Crippen LogP contribution is -2.19. The van der Waals surface area contributed by atoms with Gasteiger partial charge in [-0.15, -0.1) is 0 Å². The van der Waals surface area contributed by atoms with Crippen molar-refractivity contribution in [1.82, 2.24) is 4.98 Å². The summed E-state index contributed by atoms with van der Waals surface area (Å²) in [6.45, 7) is 13.3. The highest BCUT2D eigenvalue weighted by atomic mass is 19.1. The quantitative estimate of drug-likeness (QED) is 0.367. The summed E-state index contributed by atoms with van der Waals surface area (Å²) in [4.78, 5) is 8.43. The number of nitrogens with one attached hydrogen (secondary N) is 1. The molecule has 0 aliphatic heterocycles. The topological polar surface area (TPSA) is 47.7 Å². The molecule has 34 heavy (non-hydrogen) atoms. The minimum absolute atomic E-state index is 0.157. The van der Waals surface area contributed by atoms with Gasteiger partial charge in [-0.3, -0.25) is 4.98 Å². The van der Waals surface area contributed by atoms with Crippen LogP contribution in [0.25, 0.3) is 4.85 Å². The summed E-state index contributed by atoms with van der Waals surface area (Å²) in [5.74, 6) is 0.263. The van der Waals surface area contributed by atoms with Crippen LogP contribution in [0.5, 0.6) is 11.5 Å². The molecule has 1 aliphatic carbocycles. The first-order chi connectivity index (χ1) is 16.5. The van der Waals surface area contributed by atoms with E-state index in [1.807, 2.05) is 39.0 Å². The first kappa shape index (κ1) is 23.6. The summed E-state index contributed by atoms with van der Waals surface area (Å²) in [6.07, 6.45) is 4.05. The van der Waals surface area contributed by atoms with E-state index in [1.165, 1.54) is 12.0 Å². The number of ether oxygens (including phenoxy) is 2. The number of pyridine rings is 1. The number of aromatic nitrogens is 1. The first-order valence-electron chi connectivity index (χ1n) is 11.8. The van der Waals surface area contributed by atoms with Crippen molar-refractivity contribution in [3.63, 3.8) is 0 Å². The van der Waals surface area contributed by atoms with Crippen LogP contribution in [0.4, 0.5) is 15.8 Å². The van der Waals surface area contributed by atoms with Gasteiger partial charge in [0.05, 0.1) is 31.0 Å². The highest BCUT2D eigenvalue weighted by Crippen LogP contribution is 2.37. The van der Waals surface area contributed by atoms with E-state index in [1.54, 1.807) is 24.3 Å². The van der Waals surface area contributed by atoms with Crippen molar-refractivity contribution in [2.45, 2.75) is 58.6 Å². The third-order valence-corrected chi connectivity index (χ3v) is 5.83. The first-order valence-corrected chi connectivity index (χ1v) is 11.8. The summed E-state index contributed by atoms with van der Waals surface area (Å²) >= 11 is 0. The molecule has 3 aromatic rings. The van der Waals surface area contributed by atoms with Crippen molar-refractivity contribution < 1.29 is 13.9 Å². The predicted molar refractivity (Wildman–Crippen MR) is 132 cm³/mol. The van der Waals surface area contributed by atoms with E-state index in [2.05, 4.69) is 16.2 Å². The van der Waals surface area contributed by atoms with Gasteiger partial charge in [0.15, 0.2) is 17.3 Å². The van der Waals surface area contributed by atoms with Gasteiger partial charge < -0.3 is 14.8 Å². The Kier molecular flexibility index (Phi) is 7.32. The average molecular weight is 460 g/mol. The maximum absolute atomic E-state index is 15.9. The molecular weight excluding hydrogens is 429 g/mol. The van der Waals surface area contributed by atoms with E-state index in [9.17, 15) is 0 Å². The second-order valence-electron chi connectivity index (χ2n) is 8.71. The maximum Gasteiger partial charge on any atom is 0.187 e. The van der Waals surface area contributed by atoms with Crippen molar-refractivity contribution in [3.8, 4) is 11.5 Å². The zero-order valence-corrected chi connectivity index (χ0v) is 19.9. The van der Waals surface area contributed by atoms with Crippen molar-refractivity contribution in [1.29, 1.82) is 0 Å². The lowest BCUT2D eigenvalue weighted by atomic mass is 9.94. The van der Waals surface area contributed by atoms with Gasteiger partial charge in [-0.25, -0.2) is 9.24 Å². The molecule has 5 nitrogen and oxygen atoms in total. The Bertz CT molecular complexity index is 1190. The van der Waals surface area contributed by atoms with Gasteiger partial charge >= 0.3 is 0 Å². The SMILES string of the molecule is [C-]#[N+]c1ccc(NC(c2ccc3c(n2)CCCC3)c2cc(OCC)cc(OC(C)C)c2F)cc1. The van der Waals surface area contributed by atoms with Crippen LogP contribution < -0.4 is 14.8 Å². The molecule has 1 unspecified atom stereocenters. The molecule has 176 valence electrons. The molecule has 0 saturated carbocycles. The molecule has 0 fully saturated rings. The van der Waals surface area contributed by atoms with E-state index in [-0.39, 0.29) is 11.9 Å². The number of nitrogens with zero attached hydrogens (tertiary/aromatic N) is 2. The van der Waals surface area contributed by atoms with Gasteiger partial charge in [0.2, 0.25) is 0 Å². The van der Waals surface area contributed by atoms with E-state index < -0.39 is 11.9 Å². The summed E-state index contributed by atoms with van der Waals surface area (Å²) in [6, 6.07) is 14.0. The van der Waals surface area contributed by atoms with Crippen LogP contribution in [0.15, 0.2) is 48.5 Å². The molecule has 2 aromatic carbocycles. The second kappa shape index (κ2) is 10.6. The third-order valence-electron chi connectivity index (χ3n) is 5.83.